The van der Waals surface area contributed by atoms with Crippen molar-refractivity contribution in [2.24, 2.45) is 5.16 Å². The zero-order chi connectivity index (χ0) is 20.9. The van der Waals surface area contributed by atoms with Crippen molar-refractivity contribution in [2.75, 3.05) is 15.6 Å². The lowest BCUT2D eigenvalue weighted by Gasteiger charge is -2.38. The molecule has 0 saturated carbocycles. The van der Waals surface area contributed by atoms with Crippen LogP contribution in [0.5, 0.6) is 0 Å². The third-order valence-electron chi connectivity index (χ3n) is 5.00. The van der Waals surface area contributed by atoms with Gasteiger partial charge in [0.2, 0.25) is 5.91 Å². The summed E-state index contributed by atoms with van der Waals surface area (Å²) in [7, 11) is 0. The Morgan fingerprint density at radius 3 is 2.47 bits per heavy atom. The van der Waals surface area contributed by atoms with E-state index in [4.69, 9.17) is 21.0 Å². The summed E-state index contributed by atoms with van der Waals surface area (Å²) >= 11 is 7.44. The number of amides is 1. The van der Waals surface area contributed by atoms with Gasteiger partial charge in [-0.15, -0.1) is 0 Å². The van der Waals surface area contributed by atoms with Crippen molar-refractivity contribution >= 4 is 46.5 Å². The lowest BCUT2D eigenvalue weighted by molar-refractivity contribution is -0.118. The molecule has 2 aliphatic heterocycles. The minimum atomic E-state index is -1.23. The fraction of sp³-hybridized carbons (Fsp3) is 0.190. The summed E-state index contributed by atoms with van der Waals surface area (Å²) in [6.07, 6.45) is 0. The normalized spacial score (nSPS) is 20.8. The Labute approximate surface area is 182 Å². The third-order valence-corrected chi connectivity index (χ3v) is 6.46. The van der Waals surface area contributed by atoms with Gasteiger partial charge in [0.05, 0.1) is 5.75 Å². The van der Waals surface area contributed by atoms with Gasteiger partial charge < -0.3 is 9.36 Å². The Morgan fingerprint density at radius 2 is 1.80 bits per heavy atom. The van der Waals surface area contributed by atoms with Crippen molar-refractivity contribution in [1.82, 2.24) is 5.16 Å². The second-order valence-corrected chi connectivity index (χ2v) is 8.47. The predicted octanol–water partition coefficient (Wildman–Crippen LogP) is 4.53. The van der Waals surface area contributed by atoms with Crippen molar-refractivity contribution in [3.8, 4) is 0 Å². The van der Waals surface area contributed by atoms with Crippen LogP contribution in [0.25, 0.3) is 0 Å². The molecule has 0 N–H and O–H groups in total. The van der Waals surface area contributed by atoms with Gasteiger partial charge in [-0.25, -0.2) is 4.90 Å². The zero-order valence-corrected chi connectivity index (χ0v) is 17.8. The molecule has 1 unspecified atom stereocenters. The molecule has 7 nitrogen and oxygen atoms in total. The van der Waals surface area contributed by atoms with Crippen LogP contribution in [0.15, 0.2) is 64.3 Å². The number of carbonyl (C=O) groups is 1. The summed E-state index contributed by atoms with van der Waals surface area (Å²) in [4.78, 5) is 22.6. The van der Waals surface area contributed by atoms with E-state index in [0.29, 0.717) is 28.0 Å². The standard InChI is InChI=1S/C21H17ClN4O3S/c1-13-19(14(2)28-23-13)26-18(27)12-30-21(26)25(17-6-4-3-5-7-17)20(24-29-21)15-8-10-16(22)11-9-15/h3-11H,12H2,1-2H3. The van der Waals surface area contributed by atoms with Gasteiger partial charge in [-0.1, -0.05) is 51.9 Å². The molecule has 1 amide bonds. The first kappa shape index (κ1) is 19.0. The summed E-state index contributed by atoms with van der Waals surface area (Å²) in [6.45, 7) is 3.58. The Kier molecular flexibility index (Phi) is 4.48. The monoisotopic (exact) mass is 440 g/mol. The van der Waals surface area contributed by atoms with E-state index in [-0.39, 0.29) is 11.7 Å². The first-order chi connectivity index (χ1) is 14.5. The molecule has 0 bridgehead atoms. The quantitative estimate of drug-likeness (QED) is 0.595. The van der Waals surface area contributed by atoms with Crippen LogP contribution in [0.3, 0.4) is 0 Å². The molecule has 1 atom stereocenters. The Morgan fingerprint density at radius 1 is 1.07 bits per heavy atom. The first-order valence-corrected chi connectivity index (χ1v) is 10.6. The van der Waals surface area contributed by atoms with Gasteiger partial charge in [-0.2, -0.15) is 0 Å². The Bertz CT molecular complexity index is 1130. The van der Waals surface area contributed by atoms with Crippen molar-refractivity contribution in [2.45, 2.75) is 19.0 Å². The molecular weight excluding hydrogens is 424 g/mol. The van der Waals surface area contributed by atoms with Gasteiger partial charge in [0, 0.05) is 16.3 Å². The maximum Gasteiger partial charge on any atom is 0.352 e. The molecule has 3 heterocycles. The number of amidine groups is 1. The van der Waals surface area contributed by atoms with Crippen LogP contribution in [-0.4, -0.2) is 27.8 Å². The van der Waals surface area contributed by atoms with Crippen LogP contribution in [-0.2, 0) is 9.63 Å². The second-order valence-electron chi connectivity index (χ2n) is 6.92. The molecule has 9 heteroatoms. The predicted molar refractivity (Wildman–Crippen MR) is 117 cm³/mol. The molecular formula is C21H17ClN4O3S. The Hall–Kier alpha value is -2.97. The van der Waals surface area contributed by atoms with E-state index in [2.05, 4.69) is 10.3 Å². The SMILES string of the molecule is Cc1noc(C)c1N1C(=O)CSC12ON=C(c1ccc(Cl)cc1)N2c1ccccc1. The number of aryl methyl sites for hydroxylation is 2. The number of oxime groups is 1. The summed E-state index contributed by atoms with van der Waals surface area (Å²) < 4.78 is 5.35. The average molecular weight is 441 g/mol. The largest absolute Gasteiger partial charge is 0.359 e. The van der Waals surface area contributed by atoms with Gasteiger partial charge in [0.15, 0.2) is 11.6 Å². The lowest BCUT2D eigenvalue weighted by Crippen LogP contribution is -2.57. The second kappa shape index (κ2) is 7.07. The van der Waals surface area contributed by atoms with Crippen molar-refractivity contribution < 1.29 is 14.2 Å². The van der Waals surface area contributed by atoms with Crippen LogP contribution in [0.4, 0.5) is 11.4 Å². The molecule has 1 spiro atoms. The molecule has 5 rings (SSSR count). The van der Waals surface area contributed by atoms with Crippen LogP contribution in [0, 0.1) is 13.8 Å². The van der Waals surface area contributed by atoms with Gasteiger partial charge in [-0.3, -0.25) is 9.69 Å². The number of anilines is 2. The minimum absolute atomic E-state index is 0.108. The zero-order valence-electron chi connectivity index (χ0n) is 16.2. The number of thioether (sulfide) groups is 1. The molecule has 1 saturated heterocycles. The molecule has 30 heavy (non-hydrogen) atoms. The number of nitrogens with zero attached hydrogens (tertiary/aromatic N) is 4. The number of para-hydroxylation sites is 1. The summed E-state index contributed by atoms with van der Waals surface area (Å²) in [5, 5.41) is 7.85. The molecule has 1 aromatic heterocycles. The molecule has 2 aliphatic rings. The number of hydrogen-bond acceptors (Lipinski definition) is 7. The lowest BCUT2D eigenvalue weighted by atomic mass is 10.1. The van der Waals surface area contributed by atoms with Crippen molar-refractivity contribution in [3.63, 3.8) is 0 Å². The highest BCUT2D eigenvalue weighted by atomic mass is 35.5. The molecule has 3 aromatic rings. The van der Waals surface area contributed by atoms with Crippen LogP contribution >= 0.6 is 23.4 Å². The van der Waals surface area contributed by atoms with Gasteiger partial charge in [-0.05, 0) is 50.2 Å². The number of hydrogen-bond donors (Lipinski definition) is 0. The van der Waals surface area contributed by atoms with E-state index in [1.807, 2.05) is 47.4 Å². The van der Waals surface area contributed by atoms with Crippen LogP contribution < -0.4 is 9.80 Å². The smallest absolute Gasteiger partial charge is 0.352 e. The maximum absolute atomic E-state index is 13.1. The van der Waals surface area contributed by atoms with Gasteiger partial charge in [0.25, 0.3) is 0 Å². The molecule has 1 fully saturated rings. The molecule has 152 valence electrons. The van der Waals surface area contributed by atoms with E-state index in [1.165, 1.54) is 11.8 Å². The molecule has 0 aliphatic carbocycles. The van der Waals surface area contributed by atoms with Crippen LogP contribution in [0.1, 0.15) is 17.0 Å². The molecule has 2 aromatic carbocycles. The van der Waals surface area contributed by atoms with E-state index in [1.54, 1.807) is 30.9 Å². The number of benzene rings is 2. The number of aromatic nitrogens is 1. The summed E-state index contributed by atoms with van der Waals surface area (Å²) in [6, 6.07) is 17.1. The van der Waals surface area contributed by atoms with E-state index in [0.717, 1.165) is 11.3 Å². The highest BCUT2D eigenvalue weighted by Gasteiger charge is 2.60. The third kappa shape index (κ3) is 2.79. The highest BCUT2D eigenvalue weighted by Crippen LogP contribution is 2.50. The highest BCUT2D eigenvalue weighted by molar-refractivity contribution is 8.02. The van der Waals surface area contributed by atoms with E-state index >= 15 is 0 Å². The van der Waals surface area contributed by atoms with Crippen LogP contribution in [0.2, 0.25) is 5.02 Å². The van der Waals surface area contributed by atoms with E-state index in [9.17, 15) is 4.79 Å². The van der Waals surface area contributed by atoms with Gasteiger partial charge >= 0.3 is 5.18 Å². The topological polar surface area (TPSA) is 71.2 Å². The fourth-order valence-corrected chi connectivity index (χ4v) is 5.00. The van der Waals surface area contributed by atoms with Crippen molar-refractivity contribution in [1.29, 1.82) is 0 Å². The maximum atomic E-state index is 13.1. The van der Waals surface area contributed by atoms with Gasteiger partial charge in [0.1, 0.15) is 11.4 Å². The number of halogens is 1. The van der Waals surface area contributed by atoms with Crippen molar-refractivity contribution in [3.05, 3.63) is 76.6 Å². The number of rotatable bonds is 3. The minimum Gasteiger partial charge on any atom is -0.359 e. The van der Waals surface area contributed by atoms with E-state index < -0.39 is 5.18 Å². The average Bonchev–Trinajstić information content (AvgIpc) is 3.40. The number of carbonyl (C=O) groups excluding carboxylic acids is 1. The molecule has 0 radical (unpaired) electrons. The summed E-state index contributed by atoms with van der Waals surface area (Å²) in [5.41, 5.74) is 2.86. The summed E-state index contributed by atoms with van der Waals surface area (Å²) in [5.74, 6) is 1.25. The Balaban J connectivity index is 1.69. The first-order valence-electron chi connectivity index (χ1n) is 9.28. The fourth-order valence-electron chi connectivity index (χ4n) is 3.70.